The van der Waals surface area contributed by atoms with Gasteiger partial charge < -0.3 is 20.1 Å². The van der Waals surface area contributed by atoms with Gasteiger partial charge >= 0.3 is 0 Å². The number of ether oxygens (including phenoxy) is 2. The molecule has 0 radical (unpaired) electrons. The van der Waals surface area contributed by atoms with Gasteiger partial charge in [-0.05, 0) is 25.0 Å². The monoisotopic (exact) mass is 432 g/mol. The Balaban J connectivity index is 1.45. The van der Waals surface area contributed by atoms with E-state index in [4.69, 9.17) is 9.47 Å². The molecule has 1 aromatic heterocycles. The van der Waals surface area contributed by atoms with Crippen molar-refractivity contribution in [2.75, 3.05) is 24.9 Å². The average molecular weight is 433 g/mol. The maximum Gasteiger partial charge on any atom is 0.255 e. The normalized spacial score (nSPS) is 13.9. The number of nitrogens with zero attached hydrogens (tertiary/aromatic N) is 2. The van der Waals surface area contributed by atoms with Crippen LogP contribution in [-0.4, -0.2) is 36.1 Å². The fraction of sp³-hybridized carbons (Fsp3) is 0.320. The van der Waals surface area contributed by atoms with Crippen LogP contribution in [0.2, 0.25) is 0 Å². The molecule has 0 atom stereocenters. The summed E-state index contributed by atoms with van der Waals surface area (Å²) in [4.78, 5) is 21.5. The van der Waals surface area contributed by atoms with Gasteiger partial charge in [0, 0.05) is 47.1 Å². The van der Waals surface area contributed by atoms with Crippen LogP contribution in [0.15, 0.2) is 54.9 Å². The van der Waals surface area contributed by atoms with E-state index in [1.165, 1.54) is 32.1 Å². The Hall–Kier alpha value is -3.61. The van der Waals surface area contributed by atoms with Crippen LogP contribution >= 0.6 is 0 Å². The molecule has 1 aliphatic rings. The lowest BCUT2D eigenvalue weighted by atomic mass is 9.95. The van der Waals surface area contributed by atoms with Crippen LogP contribution in [0.5, 0.6) is 11.5 Å². The van der Waals surface area contributed by atoms with Crippen LogP contribution in [0.4, 0.5) is 11.5 Å². The number of hydrogen-bond donors (Lipinski definition) is 2. The molecule has 4 rings (SSSR count). The van der Waals surface area contributed by atoms with Gasteiger partial charge in [0.15, 0.2) is 0 Å². The van der Waals surface area contributed by atoms with E-state index >= 15 is 0 Å². The highest BCUT2D eigenvalue weighted by atomic mass is 16.5. The number of methoxy groups -OCH3 is 2. The zero-order chi connectivity index (χ0) is 22.3. The van der Waals surface area contributed by atoms with Crippen molar-refractivity contribution in [3.8, 4) is 22.8 Å². The molecule has 32 heavy (non-hydrogen) atoms. The summed E-state index contributed by atoms with van der Waals surface area (Å²) in [6.45, 7) is 0. The number of hydrogen-bond acceptors (Lipinski definition) is 6. The minimum Gasteiger partial charge on any atom is -0.497 e. The summed E-state index contributed by atoms with van der Waals surface area (Å²) in [5, 5.41) is 6.42. The molecule has 7 nitrogen and oxygen atoms in total. The van der Waals surface area contributed by atoms with Crippen molar-refractivity contribution < 1.29 is 14.3 Å². The lowest BCUT2D eigenvalue weighted by Gasteiger charge is -2.23. The van der Waals surface area contributed by atoms with Gasteiger partial charge in [0.25, 0.3) is 5.91 Å². The van der Waals surface area contributed by atoms with Gasteiger partial charge in [-0.1, -0.05) is 31.4 Å². The van der Waals surface area contributed by atoms with E-state index in [-0.39, 0.29) is 5.91 Å². The molecule has 1 amide bonds. The molecule has 1 heterocycles. The van der Waals surface area contributed by atoms with Crippen LogP contribution in [-0.2, 0) is 0 Å². The quantitative estimate of drug-likeness (QED) is 0.537. The molecule has 166 valence electrons. The Morgan fingerprint density at radius 1 is 0.906 bits per heavy atom. The van der Waals surface area contributed by atoms with Gasteiger partial charge in [-0.2, -0.15) is 0 Å². The molecule has 0 unspecified atom stereocenters. The maximum atomic E-state index is 12.7. The minimum atomic E-state index is -0.214. The average Bonchev–Trinajstić information content (AvgIpc) is 2.84. The number of benzene rings is 2. The van der Waals surface area contributed by atoms with Gasteiger partial charge in [-0.25, -0.2) is 9.97 Å². The van der Waals surface area contributed by atoms with E-state index in [0.29, 0.717) is 28.8 Å². The topological polar surface area (TPSA) is 85.4 Å². The van der Waals surface area contributed by atoms with E-state index in [9.17, 15) is 4.79 Å². The number of carbonyl (C=O) groups excluding carboxylic acids is 1. The predicted octanol–water partition coefficient (Wildman–Crippen LogP) is 5.16. The Morgan fingerprint density at radius 3 is 2.25 bits per heavy atom. The molecule has 7 heteroatoms. The molecule has 2 N–H and O–H groups in total. The Bertz CT molecular complexity index is 1040. The molecule has 0 saturated heterocycles. The highest BCUT2D eigenvalue weighted by Crippen LogP contribution is 2.27. The molecule has 1 saturated carbocycles. The molecule has 2 aromatic carbocycles. The van der Waals surface area contributed by atoms with Crippen LogP contribution in [0.3, 0.4) is 0 Å². The third kappa shape index (κ3) is 5.35. The van der Waals surface area contributed by atoms with E-state index in [1.54, 1.807) is 50.9 Å². The zero-order valence-electron chi connectivity index (χ0n) is 18.4. The van der Waals surface area contributed by atoms with Gasteiger partial charge in [0.05, 0.1) is 19.9 Å². The number of amides is 1. The first kappa shape index (κ1) is 21.6. The van der Waals surface area contributed by atoms with Gasteiger partial charge in [-0.15, -0.1) is 0 Å². The highest BCUT2D eigenvalue weighted by Gasteiger charge is 2.14. The Kier molecular flexibility index (Phi) is 6.84. The van der Waals surface area contributed by atoms with Crippen molar-refractivity contribution in [1.82, 2.24) is 9.97 Å². The number of rotatable bonds is 7. The Morgan fingerprint density at radius 2 is 1.59 bits per heavy atom. The van der Waals surface area contributed by atoms with Gasteiger partial charge in [0.1, 0.15) is 23.6 Å². The second-order valence-corrected chi connectivity index (χ2v) is 7.90. The van der Waals surface area contributed by atoms with Crippen LogP contribution in [0.1, 0.15) is 42.5 Å². The molecular weight excluding hydrogens is 404 g/mol. The van der Waals surface area contributed by atoms with Crippen molar-refractivity contribution in [2.24, 2.45) is 0 Å². The summed E-state index contributed by atoms with van der Waals surface area (Å²) in [7, 11) is 3.14. The molecule has 0 spiro atoms. The lowest BCUT2D eigenvalue weighted by molar-refractivity contribution is 0.102. The first-order chi connectivity index (χ1) is 15.6. The van der Waals surface area contributed by atoms with E-state index in [2.05, 4.69) is 20.6 Å². The van der Waals surface area contributed by atoms with Crippen LogP contribution < -0.4 is 20.1 Å². The summed E-state index contributed by atoms with van der Waals surface area (Å²) in [5.41, 5.74) is 2.90. The minimum absolute atomic E-state index is 0.214. The van der Waals surface area contributed by atoms with Crippen molar-refractivity contribution in [3.05, 3.63) is 60.4 Å². The lowest BCUT2D eigenvalue weighted by Crippen LogP contribution is -2.22. The third-order valence-corrected chi connectivity index (χ3v) is 5.68. The number of nitrogens with one attached hydrogen (secondary N) is 2. The fourth-order valence-electron chi connectivity index (χ4n) is 3.93. The molecule has 1 fully saturated rings. The zero-order valence-corrected chi connectivity index (χ0v) is 18.4. The third-order valence-electron chi connectivity index (χ3n) is 5.68. The summed E-state index contributed by atoms with van der Waals surface area (Å²) < 4.78 is 10.5. The largest absolute Gasteiger partial charge is 0.497 e. The number of aromatic nitrogens is 2. The van der Waals surface area contributed by atoms with E-state index < -0.39 is 0 Å². The first-order valence-corrected chi connectivity index (χ1v) is 10.9. The predicted molar refractivity (Wildman–Crippen MR) is 125 cm³/mol. The van der Waals surface area contributed by atoms with E-state index in [1.807, 2.05) is 18.2 Å². The summed E-state index contributed by atoms with van der Waals surface area (Å²) in [5.74, 6) is 1.85. The molecule has 0 aliphatic heterocycles. The van der Waals surface area contributed by atoms with Crippen molar-refractivity contribution in [1.29, 1.82) is 0 Å². The standard InChI is InChI=1S/C25H28N4O3/c1-31-21-12-20(13-22(14-21)32-2)29-25(30)18-10-8-17(9-11-18)23-15-24(27-16-26-23)28-19-6-4-3-5-7-19/h8-16,19H,3-7H2,1-2H3,(H,29,30)(H,26,27,28). The highest BCUT2D eigenvalue weighted by molar-refractivity contribution is 6.04. The fourth-order valence-corrected chi connectivity index (χ4v) is 3.93. The number of carbonyl (C=O) groups is 1. The smallest absolute Gasteiger partial charge is 0.255 e. The van der Waals surface area contributed by atoms with Gasteiger partial charge in [0.2, 0.25) is 0 Å². The van der Waals surface area contributed by atoms with Crippen molar-refractivity contribution >= 4 is 17.4 Å². The molecule has 1 aliphatic carbocycles. The van der Waals surface area contributed by atoms with Crippen LogP contribution in [0, 0.1) is 0 Å². The van der Waals surface area contributed by atoms with Gasteiger partial charge in [-0.3, -0.25) is 4.79 Å². The summed E-state index contributed by atoms with van der Waals surface area (Å²) in [6, 6.07) is 15.1. The summed E-state index contributed by atoms with van der Waals surface area (Å²) >= 11 is 0. The first-order valence-electron chi connectivity index (χ1n) is 10.9. The molecular formula is C25H28N4O3. The van der Waals surface area contributed by atoms with Crippen LogP contribution in [0.25, 0.3) is 11.3 Å². The van der Waals surface area contributed by atoms with Crippen molar-refractivity contribution in [3.63, 3.8) is 0 Å². The second-order valence-electron chi connectivity index (χ2n) is 7.90. The van der Waals surface area contributed by atoms with Crippen molar-refractivity contribution in [2.45, 2.75) is 38.1 Å². The molecule has 0 bridgehead atoms. The second kappa shape index (κ2) is 10.1. The summed E-state index contributed by atoms with van der Waals surface area (Å²) in [6.07, 6.45) is 7.80. The van der Waals surface area contributed by atoms with E-state index in [0.717, 1.165) is 17.1 Å². The Labute approximate surface area is 188 Å². The molecule has 3 aromatic rings. The maximum absolute atomic E-state index is 12.7. The SMILES string of the molecule is COc1cc(NC(=O)c2ccc(-c3cc(NC4CCCCC4)ncn3)cc2)cc(OC)c1. The number of anilines is 2.